The van der Waals surface area contributed by atoms with Crippen molar-refractivity contribution in [1.29, 1.82) is 0 Å². The topological polar surface area (TPSA) is 24.9 Å². The zero-order valence-electron chi connectivity index (χ0n) is 11.4. The number of nitrogens with zero attached hydrogens (tertiary/aromatic N) is 1. The first kappa shape index (κ1) is 14.5. The minimum Gasteiger partial charge on any atom is -0.308 e. The fourth-order valence-corrected chi connectivity index (χ4v) is 2.22. The van der Waals surface area contributed by atoms with Crippen LogP contribution in [0.2, 0.25) is 0 Å². The van der Waals surface area contributed by atoms with E-state index in [1.807, 2.05) is 18.0 Å². The smallest absolute Gasteiger partial charge is 0.0960 e. The van der Waals surface area contributed by atoms with Crippen LogP contribution in [0.3, 0.4) is 0 Å². The number of aromatic nitrogens is 1. The Bertz CT molecular complexity index is 314. The largest absolute Gasteiger partial charge is 0.308 e. The van der Waals surface area contributed by atoms with E-state index in [4.69, 9.17) is 0 Å². The Morgan fingerprint density at radius 1 is 1.29 bits per heavy atom. The molecular weight excluding hydrogens is 228 g/mol. The highest BCUT2D eigenvalue weighted by Gasteiger charge is 2.08. The number of thioether (sulfide) groups is 1. The van der Waals surface area contributed by atoms with Gasteiger partial charge in [-0.2, -0.15) is 0 Å². The van der Waals surface area contributed by atoms with E-state index < -0.39 is 0 Å². The maximum Gasteiger partial charge on any atom is 0.0960 e. The van der Waals surface area contributed by atoms with Crippen LogP contribution in [0.5, 0.6) is 0 Å². The lowest BCUT2D eigenvalue weighted by molar-refractivity contribution is 0.424. The van der Waals surface area contributed by atoms with Crippen molar-refractivity contribution < 1.29 is 0 Å². The molecule has 0 amide bonds. The third-order valence-electron chi connectivity index (χ3n) is 2.37. The normalized spacial score (nSPS) is 11.8. The third-order valence-corrected chi connectivity index (χ3v) is 3.40. The number of nitrogens with one attached hydrogen (secondary N) is 1. The molecule has 0 aliphatic carbocycles. The Morgan fingerprint density at radius 2 is 2.06 bits per heavy atom. The molecule has 2 nitrogen and oxygen atoms in total. The Hall–Kier alpha value is -0.540. The molecule has 1 heterocycles. The fraction of sp³-hybridized carbons (Fsp3) is 0.643. The molecule has 0 radical (unpaired) electrons. The van der Waals surface area contributed by atoms with Gasteiger partial charge in [-0.3, -0.25) is 0 Å². The van der Waals surface area contributed by atoms with E-state index in [0.29, 0.717) is 0 Å². The first-order valence-electron chi connectivity index (χ1n) is 6.34. The van der Waals surface area contributed by atoms with Crippen LogP contribution in [0.4, 0.5) is 0 Å². The lowest BCUT2D eigenvalue weighted by Gasteiger charge is -2.20. The van der Waals surface area contributed by atoms with Crippen molar-refractivity contribution in [3.63, 3.8) is 0 Å². The lowest BCUT2D eigenvalue weighted by Crippen LogP contribution is -2.35. The molecule has 0 bridgehead atoms. The predicted octanol–water partition coefficient (Wildman–Crippen LogP) is 3.86. The van der Waals surface area contributed by atoms with Crippen LogP contribution in [0.15, 0.2) is 23.4 Å². The maximum atomic E-state index is 4.47. The van der Waals surface area contributed by atoms with Crippen molar-refractivity contribution in [2.75, 3.05) is 5.75 Å². The van der Waals surface area contributed by atoms with Gasteiger partial charge in [0, 0.05) is 18.3 Å². The van der Waals surface area contributed by atoms with Gasteiger partial charge in [0.2, 0.25) is 0 Å². The molecule has 1 aromatic heterocycles. The van der Waals surface area contributed by atoms with Crippen molar-refractivity contribution in [3.05, 3.63) is 23.9 Å². The van der Waals surface area contributed by atoms with E-state index >= 15 is 0 Å². The van der Waals surface area contributed by atoms with E-state index in [9.17, 15) is 0 Å². The van der Waals surface area contributed by atoms with Crippen LogP contribution < -0.4 is 5.32 Å². The van der Waals surface area contributed by atoms with Crippen molar-refractivity contribution in [2.45, 2.75) is 57.6 Å². The minimum atomic E-state index is 0.161. The zero-order valence-corrected chi connectivity index (χ0v) is 12.2. The molecule has 1 N–H and O–H groups in total. The van der Waals surface area contributed by atoms with Gasteiger partial charge < -0.3 is 5.32 Å². The highest BCUT2D eigenvalue weighted by molar-refractivity contribution is 7.99. The fourth-order valence-electron chi connectivity index (χ4n) is 1.29. The van der Waals surface area contributed by atoms with Gasteiger partial charge in [0.25, 0.3) is 0 Å². The summed E-state index contributed by atoms with van der Waals surface area (Å²) in [6.45, 7) is 9.63. The van der Waals surface area contributed by atoms with E-state index in [0.717, 1.165) is 11.6 Å². The molecule has 0 aliphatic rings. The third kappa shape index (κ3) is 6.69. The quantitative estimate of drug-likeness (QED) is 0.614. The molecule has 0 aromatic carbocycles. The monoisotopic (exact) mass is 252 g/mol. The average Bonchev–Trinajstić information content (AvgIpc) is 2.27. The molecule has 1 aromatic rings. The van der Waals surface area contributed by atoms with Crippen molar-refractivity contribution >= 4 is 11.8 Å². The maximum absolute atomic E-state index is 4.47. The Morgan fingerprint density at radius 3 is 2.59 bits per heavy atom. The first-order valence-corrected chi connectivity index (χ1v) is 7.32. The molecule has 1 rings (SSSR count). The van der Waals surface area contributed by atoms with Gasteiger partial charge in [-0.05, 0) is 44.6 Å². The average molecular weight is 252 g/mol. The van der Waals surface area contributed by atoms with E-state index in [1.54, 1.807) is 0 Å². The number of unbranched alkanes of at least 4 members (excludes halogenated alkanes) is 1. The molecule has 0 fully saturated rings. The highest BCUT2D eigenvalue weighted by atomic mass is 32.2. The number of pyridine rings is 1. The van der Waals surface area contributed by atoms with Crippen LogP contribution in [0, 0.1) is 0 Å². The second-order valence-electron chi connectivity index (χ2n) is 5.31. The molecular formula is C14H24N2S. The summed E-state index contributed by atoms with van der Waals surface area (Å²) >= 11 is 1.85. The van der Waals surface area contributed by atoms with Crippen LogP contribution in [0.25, 0.3) is 0 Å². The van der Waals surface area contributed by atoms with Gasteiger partial charge in [0.1, 0.15) is 0 Å². The SMILES string of the molecule is CCCCSc1ccc(CNC(C)(C)C)cn1. The van der Waals surface area contributed by atoms with Gasteiger partial charge in [0.05, 0.1) is 5.03 Å². The zero-order chi connectivity index (χ0) is 12.7. The first-order chi connectivity index (χ1) is 8.01. The van der Waals surface area contributed by atoms with E-state index in [2.05, 4.69) is 50.1 Å². The van der Waals surface area contributed by atoms with Gasteiger partial charge in [-0.25, -0.2) is 4.98 Å². The second kappa shape index (κ2) is 7.02. The van der Waals surface area contributed by atoms with Crippen molar-refractivity contribution in [2.24, 2.45) is 0 Å². The molecule has 0 saturated heterocycles. The van der Waals surface area contributed by atoms with E-state index in [-0.39, 0.29) is 5.54 Å². The van der Waals surface area contributed by atoms with E-state index in [1.165, 1.54) is 24.2 Å². The number of hydrogen-bond acceptors (Lipinski definition) is 3. The molecule has 17 heavy (non-hydrogen) atoms. The summed E-state index contributed by atoms with van der Waals surface area (Å²) in [5, 5.41) is 4.60. The molecule has 0 atom stereocenters. The lowest BCUT2D eigenvalue weighted by atomic mass is 10.1. The Kier molecular flexibility index (Phi) is 6.00. The summed E-state index contributed by atoms with van der Waals surface area (Å²) < 4.78 is 0. The molecule has 0 unspecified atom stereocenters. The molecule has 0 saturated carbocycles. The molecule has 3 heteroatoms. The minimum absolute atomic E-state index is 0.161. The van der Waals surface area contributed by atoms with Gasteiger partial charge in [-0.1, -0.05) is 19.4 Å². The van der Waals surface area contributed by atoms with Crippen molar-refractivity contribution in [1.82, 2.24) is 10.3 Å². The van der Waals surface area contributed by atoms with Crippen LogP contribution in [-0.2, 0) is 6.54 Å². The van der Waals surface area contributed by atoms with Crippen LogP contribution in [0.1, 0.15) is 46.1 Å². The Balaban J connectivity index is 2.39. The molecule has 96 valence electrons. The summed E-state index contributed by atoms with van der Waals surface area (Å²) in [5.41, 5.74) is 1.41. The predicted molar refractivity (Wildman–Crippen MR) is 76.5 cm³/mol. The van der Waals surface area contributed by atoms with Crippen LogP contribution in [-0.4, -0.2) is 16.3 Å². The van der Waals surface area contributed by atoms with Gasteiger partial charge >= 0.3 is 0 Å². The van der Waals surface area contributed by atoms with Crippen molar-refractivity contribution in [3.8, 4) is 0 Å². The number of hydrogen-bond donors (Lipinski definition) is 1. The standard InChI is InChI=1S/C14H24N2S/c1-5-6-9-17-13-8-7-12(10-15-13)11-16-14(2,3)4/h7-8,10,16H,5-6,9,11H2,1-4H3. The number of rotatable bonds is 6. The summed E-state index contributed by atoms with van der Waals surface area (Å²) in [4.78, 5) is 4.47. The Labute approximate surface area is 110 Å². The summed E-state index contributed by atoms with van der Waals surface area (Å²) in [6.07, 6.45) is 4.49. The van der Waals surface area contributed by atoms with Gasteiger partial charge in [0.15, 0.2) is 0 Å². The highest BCUT2D eigenvalue weighted by Crippen LogP contribution is 2.17. The summed E-state index contributed by atoms with van der Waals surface area (Å²) in [6, 6.07) is 4.29. The molecule has 0 aliphatic heterocycles. The second-order valence-corrected chi connectivity index (χ2v) is 6.43. The molecule has 0 spiro atoms. The summed E-state index contributed by atoms with van der Waals surface area (Å²) in [7, 11) is 0. The van der Waals surface area contributed by atoms with Gasteiger partial charge in [-0.15, -0.1) is 11.8 Å². The van der Waals surface area contributed by atoms with Crippen LogP contribution >= 0.6 is 11.8 Å². The summed E-state index contributed by atoms with van der Waals surface area (Å²) in [5.74, 6) is 1.17.